The van der Waals surface area contributed by atoms with Gasteiger partial charge in [0.05, 0.1) is 19.5 Å². The summed E-state index contributed by atoms with van der Waals surface area (Å²) in [5, 5.41) is 2.58. The lowest BCUT2D eigenvalue weighted by Crippen LogP contribution is -2.33. The van der Waals surface area contributed by atoms with Gasteiger partial charge in [-0.1, -0.05) is 0 Å². The molecule has 9 heteroatoms. The van der Waals surface area contributed by atoms with Gasteiger partial charge in [-0.25, -0.2) is 13.1 Å². The predicted octanol–water partition coefficient (Wildman–Crippen LogP) is -0.988. The van der Waals surface area contributed by atoms with E-state index in [4.69, 9.17) is 4.74 Å². The van der Waals surface area contributed by atoms with Crippen molar-refractivity contribution in [3.8, 4) is 0 Å². The summed E-state index contributed by atoms with van der Waals surface area (Å²) < 4.78 is 34.5. The lowest BCUT2D eigenvalue weighted by Gasteiger charge is -2.07. The Labute approximate surface area is 119 Å². The van der Waals surface area contributed by atoms with Crippen LogP contribution in [0.1, 0.15) is 19.3 Å². The molecule has 118 valence electrons. The molecule has 0 aliphatic rings. The molecule has 0 unspecified atom stereocenters. The SMILES string of the molecule is COCCNC(=O)CCNS(=O)(=O)CCCC(=O)OC. The fraction of sp³-hybridized carbons (Fsp3) is 0.818. The number of ether oxygens (including phenoxy) is 2. The summed E-state index contributed by atoms with van der Waals surface area (Å²) in [6.45, 7) is 0.825. The first-order valence-corrected chi connectivity index (χ1v) is 7.86. The second kappa shape index (κ2) is 10.6. The number of hydrogen-bond acceptors (Lipinski definition) is 6. The minimum Gasteiger partial charge on any atom is -0.469 e. The molecule has 0 aromatic rings. The zero-order valence-electron chi connectivity index (χ0n) is 11.8. The number of carbonyl (C=O) groups is 2. The standard InChI is InChI=1S/C11H22N2O6S/c1-18-8-7-12-10(14)5-6-13-20(16,17)9-3-4-11(15)19-2/h13H,3-9H2,1-2H3,(H,12,14). The van der Waals surface area contributed by atoms with Crippen molar-refractivity contribution in [1.82, 2.24) is 10.0 Å². The summed E-state index contributed by atoms with van der Waals surface area (Å²) in [7, 11) is -0.699. The third-order valence-electron chi connectivity index (χ3n) is 2.32. The minimum absolute atomic E-state index is 0.0272. The van der Waals surface area contributed by atoms with Crippen molar-refractivity contribution in [3.05, 3.63) is 0 Å². The number of methoxy groups -OCH3 is 2. The molecule has 0 saturated heterocycles. The first kappa shape index (κ1) is 18.8. The fourth-order valence-electron chi connectivity index (χ4n) is 1.28. The molecule has 0 rings (SSSR count). The van der Waals surface area contributed by atoms with Crippen molar-refractivity contribution >= 4 is 21.9 Å². The number of rotatable bonds is 11. The summed E-state index contributed by atoms with van der Waals surface area (Å²) >= 11 is 0. The normalized spacial score (nSPS) is 11.1. The molecule has 0 aliphatic carbocycles. The Morgan fingerprint density at radius 3 is 2.40 bits per heavy atom. The van der Waals surface area contributed by atoms with Gasteiger partial charge in [-0.15, -0.1) is 0 Å². The molecule has 0 heterocycles. The van der Waals surface area contributed by atoms with Crippen LogP contribution in [0.5, 0.6) is 0 Å². The highest BCUT2D eigenvalue weighted by Crippen LogP contribution is 1.96. The van der Waals surface area contributed by atoms with E-state index < -0.39 is 16.0 Å². The quantitative estimate of drug-likeness (QED) is 0.374. The van der Waals surface area contributed by atoms with Crippen molar-refractivity contribution in [1.29, 1.82) is 0 Å². The number of esters is 1. The zero-order valence-corrected chi connectivity index (χ0v) is 12.6. The maximum absolute atomic E-state index is 11.5. The van der Waals surface area contributed by atoms with Gasteiger partial charge in [0.25, 0.3) is 0 Å². The monoisotopic (exact) mass is 310 g/mol. The Bertz CT molecular complexity index is 396. The maximum atomic E-state index is 11.5. The number of sulfonamides is 1. The molecule has 0 aromatic heterocycles. The van der Waals surface area contributed by atoms with E-state index in [0.717, 1.165) is 0 Å². The van der Waals surface area contributed by atoms with Crippen LogP contribution < -0.4 is 10.0 Å². The van der Waals surface area contributed by atoms with Gasteiger partial charge in [-0.05, 0) is 6.42 Å². The van der Waals surface area contributed by atoms with Crippen LogP contribution in [0.3, 0.4) is 0 Å². The largest absolute Gasteiger partial charge is 0.469 e. The Kier molecular flexibility index (Phi) is 9.95. The van der Waals surface area contributed by atoms with E-state index in [2.05, 4.69) is 14.8 Å². The number of nitrogens with one attached hydrogen (secondary N) is 2. The summed E-state index contributed by atoms with van der Waals surface area (Å²) in [5.74, 6) is -0.870. The van der Waals surface area contributed by atoms with E-state index in [9.17, 15) is 18.0 Å². The van der Waals surface area contributed by atoms with Crippen LogP contribution in [-0.2, 0) is 29.1 Å². The van der Waals surface area contributed by atoms with Crippen molar-refractivity contribution in [2.75, 3.05) is 39.7 Å². The lowest BCUT2D eigenvalue weighted by molar-refractivity contribution is -0.140. The minimum atomic E-state index is -3.47. The maximum Gasteiger partial charge on any atom is 0.305 e. The topological polar surface area (TPSA) is 111 Å². The van der Waals surface area contributed by atoms with Gasteiger partial charge < -0.3 is 14.8 Å². The van der Waals surface area contributed by atoms with Crippen molar-refractivity contribution < 1.29 is 27.5 Å². The Morgan fingerprint density at radius 2 is 1.80 bits per heavy atom. The van der Waals surface area contributed by atoms with E-state index in [1.54, 1.807) is 0 Å². The first-order chi connectivity index (χ1) is 9.41. The van der Waals surface area contributed by atoms with Gasteiger partial charge in [0.2, 0.25) is 15.9 Å². The smallest absolute Gasteiger partial charge is 0.305 e. The molecule has 0 bridgehead atoms. The van der Waals surface area contributed by atoms with Crippen LogP contribution in [0, 0.1) is 0 Å². The molecule has 0 fully saturated rings. The molecule has 0 spiro atoms. The summed E-state index contributed by atoms with van der Waals surface area (Å²) in [6, 6.07) is 0. The predicted molar refractivity (Wildman–Crippen MR) is 72.5 cm³/mol. The van der Waals surface area contributed by atoms with Crippen molar-refractivity contribution in [2.45, 2.75) is 19.3 Å². The molecule has 0 saturated carbocycles. The molecular weight excluding hydrogens is 288 g/mol. The number of amides is 1. The molecule has 8 nitrogen and oxygen atoms in total. The van der Waals surface area contributed by atoms with Gasteiger partial charge in [-0.3, -0.25) is 9.59 Å². The third kappa shape index (κ3) is 10.7. The van der Waals surface area contributed by atoms with Gasteiger partial charge in [0, 0.05) is 33.0 Å². The van der Waals surface area contributed by atoms with Gasteiger partial charge in [-0.2, -0.15) is 0 Å². The van der Waals surface area contributed by atoms with Gasteiger partial charge >= 0.3 is 5.97 Å². The second-order valence-electron chi connectivity index (χ2n) is 3.99. The third-order valence-corrected chi connectivity index (χ3v) is 3.79. The molecule has 1 amide bonds. The Morgan fingerprint density at radius 1 is 1.10 bits per heavy atom. The Hall–Kier alpha value is -1.19. The highest BCUT2D eigenvalue weighted by Gasteiger charge is 2.12. The average Bonchev–Trinajstić information content (AvgIpc) is 2.38. The molecule has 0 radical (unpaired) electrons. The molecular formula is C11H22N2O6S. The fourth-order valence-corrected chi connectivity index (χ4v) is 2.36. The summed E-state index contributed by atoms with van der Waals surface area (Å²) in [4.78, 5) is 22.1. The van der Waals surface area contributed by atoms with E-state index in [1.807, 2.05) is 0 Å². The molecule has 0 atom stereocenters. The number of carbonyl (C=O) groups excluding carboxylic acids is 2. The summed E-state index contributed by atoms with van der Waals surface area (Å²) in [6.07, 6.45) is 0.289. The lowest BCUT2D eigenvalue weighted by atomic mass is 10.3. The average molecular weight is 310 g/mol. The van der Waals surface area contributed by atoms with Crippen molar-refractivity contribution in [2.24, 2.45) is 0 Å². The van der Waals surface area contributed by atoms with Gasteiger partial charge in [0.15, 0.2) is 0 Å². The zero-order chi connectivity index (χ0) is 15.4. The van der Waals surface area contributed by atoms with Crippen LogP contribution in [0.4, 0.5) is 0 Å². The second-order valence-corrected chi connectivity index (χ2v) is 5.91. The van der Waals surface area contributed by atoms with Crippen LogP contribution in [0.25, 0.3) is 0 Å². The van der Waals surface area contributed by atoms with Crippen LogP contribution in [0.15, 0.2) is 0 Å². The number of hydrogen-bond donors (Lipinski definition) is 2. The van der Waals surface area contributed by atoms with Crippen LogP contribution >= 0.6 is 0 Å². The highest BCUT2D eigenvalue weighted by molar-refractivity contribution is 7.89. The first-order valence-electron chi connectivity index (χ1n) is 6.21. The van der Waals surface area contributed by atoms with E-state index >= 15 is 0 Å². The van der Waals surface area contributed by atoms with Crippen LogP contribution in [-0.4, -0.2) is 60.0 Å². The van der Waals surface area contributed by atoms with Crippen LogP contribution in [0.2, 0.25) is 0 Å². The van der Waals surface area contributed by atoms with E-state index in [1.165, 1.54) is 14.2 Å². The molecule has 0 aliphatic heterocycles. The van der Waals surface area contributed by atoms with E-state index in [0.29, 0.717) is 13.2 Å². The molecule has 20 heavy (non-hydrogen) atoms. The van der Waals surface area contributed by atoms with Crippen molar-refractivity contribution in [3.63, 3.8) is 0 Å². The summed E-state index contributed by atoms with van der Waals surface area (Å²) in [5.41, 5.74) is 0. The Balaban J connectivity index is 3.76. The molecule has 0 aromatic carbocycles. The molecule has 2 N–H and O–H groups in total. The van der Waals surface area contributed by atoms with Gasteiger partial charge in [0.1, 0.15) is 0 Å². The van der Waals surface area contributed by atoms with E-state index in [-0.39, 0.29) is 37.5 Å². The highest BCUT2D eigenvalue weighted by atomic mass is 32.2.